The first kappa shape index (κ1) is 9.90. The molecule has 0 bridgehead atoms. The molecule has 0 unspecified atom stereocenters. The maximum absolute atomic E-state index is 5.86. The topological polar surface area (TPSA) is 25.8 Å². The maximum Gasteiger partial charge on any atom is 0.143 e. The number of aryl methyl sites for hydroxylation is 1. The summed E-state index contributed by atoms with van der Waals surface area (Å²) in [6, 6.07) is 1.82. The lowest BCUT2D eigenvalue weighted by Crippen LogP contribution is -1.78. The van der Waals surface area contributed by atoms with Crippen LogP contribution in [-0.4, -0.2) is 9.97 Å². The van der Waals surface area contributed by atoms with Crippen LogP contribution < -0.4 is 0 Å². The van der Waals surface area contributed by atoms with Crippen molar-refractivity contribution in [2.45, 2.75) is 6.92 Å². The van der Waals surface area contributed by atoms with Crippen LogP contribution in [0, 0.1) is 6.92 Å². The van der Waals surface area contributed by atoms with Crippen molar-refractivity contribution in [3.05, 3.63) is 33.5 Å². The van der Waals surface area contributed by atoms with E-state index in [1.807, 2.05) is 13.0 Å². The van der Waals surface area contributed by atoms with E-state index in [0.29, 0.717) is 10.2 Å². The summed E-state index contributed by atoms with van der Waals surface area (Å²) in [5, 5.41) is 2.00. The molecule has 14 heavy (non-hydrogen) atoms. The first-order chi connectivity index (χ1) is 6.66. The van der Waals surface area contributed by atoms with Crippen LogP contribution in [0.15, 0.2) is 18.5 Å². The van der Waals surface area contributed by atoms with Gasteiger partial charge in [0, 0.05) is 22.8 Å². The van der Waals surface area contributed by atoms with Crippen molar-refractivity contribution in [3.63, 3.8) is 0 Å². The average Bonchev–Trinajstić information content (AvgIpc) is 2.47. The van der Waals surface area contributed by atoms with E-state index in [1.54, 1.807) is 12.4 Å². The number of aromatic nitrogens is 2. The van der Waals surface area contributed by atoms with Crippen LogP contribution in [0.4, 0.5) is 0 Å². The number of hydrogen-bond acceptors (Lipinski definition) is 3. The van der Waals surface area contributed by atoms with Gasteiger partial charge >= 0.3 is 0 Å². The van der Waals surface area contributed by atoms with Crippen molar-refractivity contribution in [1.29, 1.82) is 0 Å². The summed E-state index contributed by atoms with van der Waals surface area (Å²) in [5.41, 5.74) is 0.900. The first-order valence-corrected chi connectivity index (χ1v) is 5.48. The molecule has 2 heterocycles. The molecular formula is C9H6Cl2N2S. The van der Waals surface area contributed by atoms with Gasteiger partial charge < -0.3 is 0 Å². The van der Waals surface area contributed by atoms with E-state index in [1.165, 1.54) is 11.3 Å². The van der Waals surface area contributed by atoms with E-state index in [-0.39, 0.29) is 0 Å². The van der Waals surface area contributed by atoms with Gasteiger partial charge in [0.1, 0.15) is 10.2 Å². The molecule has 2 aromatic heterocycles. The Morgan fingerprint density at radius 3 is 2.64 bits per heavy atom. The number of hydrogen-bond donors (Lipinski definition) is 0. The molecule has 0 spiro atoms. The summed E-state index contributed by atoms with van der Waals surface area (Å²) < 4.78 is 0. The lowest BCUT2D eigenvalue weighted by Gasteiger charge is -1.94. The molecule has 5 heteroatoms. The van der Waals surface area contributed by atoms with Gasteiger partial charge in [0.25, 0.3) is 0 Å². The minimum atomic E-state index is 0.546. The monoisotopic (exact) mass is 244 g/mol. The Kier molecular flexibility index (Phi) is 2.72. The van der Waals surface area contributed by atoms with Crippen LogP contribution in [0.1, 0.15) is 4.88 Å². The molecule has 2 aromatic rings. The van der Waals surface area contributed by atoms with E-state index in [0.717, 1.165) is 15.4 Å². The van der Waals surface area contributed by atoms with Gasteiger partial charge in [-0.05, 0) is 13.0 Å². The Morgan fingerprint density at radius 1 is 1.29 bits per heavy atom. The molecule has 72 valence electrons. The zero-order chi connectivity index (χ0) is 10.1. The van der Waals surface area contributed by atoms with Gasteiger partial charge in [-0.25, -0.2) is 4.98 Å². The molecule has 0 fully saturated rings. The third-order valence-electron chi connectivity index (χ3n) is 1.69. The molecule has 0 aromatic carbocycles. The van der Waals surface area contributed by atoms with Gasteiger partial charge in [0.2, 0.25) is 0 Å². The summed E-state index contributed by atoms with van der Waals surface area (Å²) in [6.07, 6.45) is 3.31. The summed E-state index contributed by atoms with van der Waals surface area (Å²) >= 11 is 13.2. The van der Waals surface area contributed by atoms with Gasteiger partial charge in [0.15, 0.2) is 0 Å². The highest BCUT2D eigenvalue weighted by Crippen LogP contribution is 2.30. The Labute approximate surface area is 95.5 Å². The molecule has 0 aliphatic rings. The summed E-state index contributed by atoms with van der Waals surface area (Å²) in [7, 11) is 0. The summed E-state index contributed by atoms with van der Waals surface area (Å²) in [6.45, 7) is 1.93. The Hall–Kier alpha value is -0.640. The highest BCUT2D eigenvalue weighted by Gasteiger charge is 2.07. The van der Waals surface area contributed by atoms with Gasteiger partial charge in [-0.15, -0.1) is 11.3 Å². The average molecular weight is 245 g/mol. The smallest absolute Gasteiger partial charge is 0.143 e. The van der Waals surface area contributed by atoms with E-state index < -0.39 is 0 Å². The fourth-order valence-corrected chi connectivity index (χ4v) is 2.24. The fourth-order valence-electron chi connectivity index (χ4n) is 1.03. The van der Waals surface area contributed by atoms with Gasteiger partial charge in [-0.3, -0.25) is 4.98 Å². The second-order valence-corrected chi connectivity index (χ2v) is 4.76. The molecule has 0 amide bonds. The van der Waals surface area contributed by atoms with Crippen LogP contribution in [0.5, 0.6) is 0 Å². The van der Waals surface area contributed by atoms with E-state index in [9.17, 15) is 0 Å². The number of thiazole rings is 1. The van der Waals surface area contributed by atoms with Crippen LogP contribution in [-0.2, 0) is 0 Å². The lowest BCUT2D eigenvalue weighted by molar-refractivity contribution is 1.31. The second-order valence-electron chi connectivity index (χ2n) is 2.76. The predicted octanol–water partition coefficient (Wildman–Crippen LogP) is 3.82. The predicted molar refractivity (Wildman–Crippen MR) is 60.1 cm³/mol. The minimum absolute atomic E-state index is 0.546. The zero-order valence-electron chi connectivity index (χ0n) is 7.29. The molecule has 0 atom stereocenters. The maximum atomic E-state index is 5.86. The van der Waals surface area contributed by atoms with Gasteiger partial charge in [0.05, 0.1) is 5.02 Å². The number of halogens is 2. The molecule has 0 aliphatic carbocycles. The Balaban J connectivity index is 2.49. The standard InChI is InChI=1S/C9H6Cl2N2S/c1-5-8(11)13-9(14-5)6-2-7(10)4-12-3-6/h2-4H,1H3. The first-order valence-electron chi connectivity index (χ1n) is 3.90. The van der Waals surface area contributed by atoms with Crippen molar-refractivity contribution in [1.82, 2.24) is 9.97 Å². The molecule has 2 rings (SSSR count). The zero-order valence-corrected chi connectivity index (χ0v) is 9.62. The normalized spacial score (nSPS) is 10.5. The lowest BCUT2D eigenvalue weighted by atomic mass is 10.3. The number of nitrogens with zero attached hydrogens (tertiary/aromatic N) is 2. The molecule has 0 aliphatic heterocycles. The Bertz CT molecular complexity index is 448. The second kappa shape index (κ2) is 3.85. The highest BCUT2D eigenvalue weighted by molar-refractivity contribution is 7.15. The van der Waals surface area contributed by atoms with Crippen LogP contribution in [0.3, 0.4) is 0 Å². The molecule has 0 saturated carbocycles. The van der Waals surface area contributed by atoms with Crippen molar-refractivity contribution in [2.24, 2.45) is 0 Å². The molecule has 0 radical (unpaired) electrons. The van der Waals surface area contributed by atoms with Crippen molar-refractivity contribution in [2.75, 3.05) is 0 Å². The van der Waals surface area contributed by atoms with Gasteiger partial charge in [-0.1, -0.05) is 23.2 Å². The third-order valence-corrected chi connectivity index (χ3v) is 3.40. The van der Waals surface area contributed by atoms with E-state index in [4.69, 9.17) is 23.2 Å². The van der Waals surface area contributed by atoms with Crippen molar-refractivity contribution >= 4 is 34.5 Å². The van der Waals surface area contributed by atoms with Crippen LogP contribution >= 0.6 is 34.5 Å². The van der Waals surface area contributed by atoms with Crippen LogP contribution in [0.2, 0.25) is 10.2 Å². The SMILES string of the molecule is Cc1sc(-c2cncc(Cl)c2)nc1Cl. The minimum Gasteiger partial charge on any atom is -0.262 e. The van der Waals surface area contributed by atoms with Crippen molar-refractivity contribution < 1.29 is 0 Å². The summed E-state index contributed by atoms with van der Waals surface area (Å²) in [5.74, 6) is 0. The largest absolute Gasteiger partial charge is 0.262 e. The van der Waals surface area contributed by atoms with E-state index >= 15 is 0 Å². The molecular weight excluding hydrogens is 239 g/mol. The van der Waals surface area contributed by atoms with Crippen LogP contribution in [0.25, 0.3) is 10.6 Å². The van der Waals surface area contributed by atoms with E-state index in [2.05, 4.69) is 9.97 Å². The van der Waals surface area contributed by atoms with Gasteiger partial charge in [-0.2, -0.15) is 0 Å². The number of pyridine rings is 1. The molecule has 0 saturated heterocycles. The highest BCUT2D eigenvalue weighted by atomic mass is 35.5. The molecule has 0 N–H and O–H groups in total. The quantitative estimate of drug-likeness (QED) is 0.763. The number of rotatable bonds is 1. The molecule has 2 nitrogen and oxygen atoms in total. The fraction of sp³-hybridized carbons (Fsp3) is 0.111. The van der Waals surface area contributed by atoms with Crippen molar-refractivity contribution in [3.8, 4) is 10.6 Å². The summed E-state index contributed by atoms with van der Waals surface area (Å²) in [4.78, 5) is 9.20. The third kappa shape index (κ3) is 1.90. The Morgan fingerprint density at radius 2 is 2.07 bits per heavy atom.